The van der Waals surface area contributed by atoms with Gasteiger partial charge in [0.05, 0.1) is 0 Å². The van der Waals surface area contributed by atoms with Crippen LogP contribution >= 0.6 is 12.4 Å². The van der Waals surface area contributed by atoms with E-state index in [1.807, 2.05) is 18.2 Å². The maximum Gasteiger partial charge on any atom is 0.0267 e. The van der Waals surface area contributed by atoms with Crippen molar-refractivity contribution < 1.29 is 16.5 Å². The molecule has 1 heterocycles. The summed E-state index contributed by atoms with van der Waals surface area (Å²) >= 11 is 0. The minimum Gasteiger partial charge on any atom is -0.265 e. The van der Waals surface area contributed by atoms with E-state index in [1.165, 1.54) is 0 Å². The van der Waals surface area contributed by atoms with E-state index >= 15 is 0 Å². The molecule has 0 unspecified atom stereocenters. The van der Waals surface area contributed by atoms with Crippen molar-refractivity contribution in [3.8, 4) is 0 Å². The number of halogens is 1. The van der Waals surface area contributed by atoms with Crippen LogP contribution in [0.1, 0.15) is 0 Å². The van der Waals surface area contributed by atoms with Crippen LogP contribution in [0.3, 0.4) is 0 Å². The predicted molar refractivity (Wildman–Crippen MR) is 31.5 cm³/mol. The molecule has 8 heavy (non-hydrogen) atoms. The number of hydrogen-bond acceptors (Lipinski definition) is 1. The van der Waals surface area contributed by atoms with Crippen LogP contribution in [0.2, 0.25) is 0 Å². The van der Waals surface area contributed by atoms with Crippen LogP contribution in [-0.4, -0.2) is 4.98 Å². The molecule has 0 aliphatic carbocycles. The Balaban J connectivity index is 0. The van der Waals surface area contributed by atoms with Gasteiger partial charge in [0, 0.05) is 28.9 Å². The molecule has 1 aromatic heterocycles. The smallest absolute Gasteiger partial charge is 0.0267 e. The van der Waals surface area contributed by atoms with Gasteiger partial charge in [-0.2, -0.15) is 0 Å². The second-order valence-corrected chi connectivity index (χ2v) is 1.02. The van der Waals surface area contributed by atoms with Crippen molar-refractivity contribution in [2.24, 2.45) is 0 Å². The minimum atomic E-state index is 0. The number of nitrogens with zero attached hydrogens (tertiary/aromatic N) is 1. The van der Waals surface area contributed by atoms with Crippen molar-refractivity contribution in [1.29, 1.82) is 0 Å². The SMILES string of the molecule is Cl.[Ni].c1ccncc1. The van der Waals surface area contributed by atoms with E-state index in [0.717, 1.165) is 0 Å². The Hall–Kier alpha value is -0.0665. The normalized spacial score (nSPS) is 6.00. The zero-order chi connectivity index (χ0) is 4.24. The van der Waals surface area contributed by atoms with Crippen LogP contribution < -0.4 is 0 Å². The van der Waals surface area contributed by atoms with Crippen LogP contribution in [0, 0.1) is 0 Å². The van der Waals surface area contributed by atoms with Crippen molar-refractivity contribution in [3.63, 3.8) is 0 Å². The van der Waals surface area contributed by atoms with Gasteiger partial charge in [-0.15, -0.1) is 12.4 Å². The molecule has 0 radical (unpaired) electrons. The fourth-order valence-electron chi connectivity index (χ4n) is 0.313. The molecular formula is C5H6ClNNi. The molecule has 0 bridgehead atoms. The first kappa shape index (κ1) is 10.8. The average Bonchev–Trinajstić information content (AvgIpc) is 1.72. The van der Waals surface area contributed by atoms with Crippen LogP contribution in [0.5, 0.6) is 0 Å². The summed E-state index contributed by atoms with van der Waals surface area (Å²) in [6, 6.07) is 5.72. The average molecular weight is 174 g/mol. The molecule has 0 aliphatic heterocycles. The van der Waals surface area contributed by atoms with Crippen LogP contribution in [-0.2, 0) is 16.5 Å². The van der Waals surface area contributed by atoms with E-state index in [0.29, 0.717) is 0 Å². The Morgan fingerprint density at radius 3 is 1.50 bits per heavy atom. The summed E-state index contributed by atoms with van der Waals surface area (Å²) in [7, 11) is 0. The number of rotatable bonds is 0. The fourth-order valence-corrected chi connectivity index (χ4v) is 0.313. The van der Waals surface area contributed by atoms with Gasteiger partial charge in [0.15, 0.2) is 0 Å². The van der Waals surface area contributed by atoms with E-state index < -0.39 is 0 Å². The monoisotopic (exact) mass is 173 g/mol. The standard InChI is InChI=1S/C5H5N.ClH.Ni/c1-2-4-6-5-3-1;;/h1-5H;1H;. The van der Waals surface area contributed by atoms with Gasteiger partial charge in [0.25, 0.3) is 0 Å². The van der Waals surface area contributed by atoms with Gasteiger partial charge in [-0.25, -0.2) is 0 Å². The molecule has 0 saturated heterocycles. The molecule has 0 aromatic carbocycles. The topological polar surface area (TPSA) is 12.9 Å². The molecule has 0 atom stereocenters. The molecular weight excluding hydrogens is 168 g/mol. The third-order valence-corrected chi connectivity index (χ3v) is 0.566. The third-order valence-electron chi connectivity index (χ3n) is 0.566. The molecule has 1 rings (SSSR count). The number of pyridine rings is 1. The van der Waals surface area contributed by atoms with Crippen molar-refractivity contribution in [1.82, 2.24) is 4.98 Å². The summed E-state index contributed by atoms with van der Waals surface area (Å²) in [4.78, 5) is 3.78. The molecule has 0 fully saturated rings. The van der Waals surface area contributed by atoms with E-state index in [9.17, 15) is 0 Å². The van der Waals surface area contributed by atoms with Gasteiger partial charge in [-0.05, 0) is 12.1 Å². The molecule has 1 aromatic rings. The van der Waals surface area contributed by atoms with E-state index in [-0.39, 0.29) is 28.9 Å². The first-order chi connectivity index (χ1) is 3.00. The molecule has 0 N–H and O–H groups in total. The summed E-state index contributed by atoms with van der Waals surface area (Å²) in [5, 5.41) is 0. The third kappa shape index (κ3) is 4.10. The number of hydrogen-bond donors (Lipinski definition) is 0. The molecule has 48 valence electrons. The van der Waals surface area contributed by atoms with Gasteiger partial charge in [-0.3, -0.25) is 4.98 Å². The molecule has 3 heteroatoms. The summed E-state index contributed by atoms with van der Waals surface area (Å²) in [5.74, 6) is 0. The maximum absolute atomic E-state index is 3.78. The Kier molecular flexibility index (Phi) is 9.39. The second kappa shape index (κ2) is 6.93. The quantitative estimate of drug-likeness (QED) is 0.543. The zero-order valence-electron chi connectivity index (χ0n) is 4.06. The van der Waals surface area contributed by atoms with Crippen LogP contribution in [0.4, 0.5) is 0 Å². The molecule has 0 amide bonds. The van der Waals surface area contributed by atoms with E-state index in [4.69, 9.17) is 0 Å². The van der Waals surface area contributed by atoms with Crippen molar-refractivity contribution in [2.75, 3.05) is 0 Å². The summed E-state index contributed by atoms with van der Waals surface area (Å²) in [6.45, 7) is 0. The summed E-state index contributed by atoms with van der Waals surface area (Å²) in [5.41, 5.74) is 0. The minimum absolute atomic E-state index is 0. The van der Waals surface area contributed by atoms with E-state index in [1.54, 1.807) is 12.4 Å². The molecule has 0 saturated carbocycles. The van der Waals surface area contributed by atoms with Gasteiger partial charge >= 0.3 is 0 Å². The van der Waals surface area contributed by atoms with Crippen LogP contribution in [0.25, 0.3) is 0 Å². The van der Waals surface area contributed by atoms with Crippen molar-refractivity contribution in [3.05, 3.63) is 30.6 Å². The Morgan fingerprint density at radius 1 is 0.875 bits per heavy atom. The van der Waals surface area contributed by atoms with Gasteiger partial charge in [0.2, 0.25) is 0 Å². The Morgan fingerprint density at radius 2 is 1.38 bits per heavy atom. The van der Waals surface area contributed by atoms with Crippen LogP contribution in [0.15, 0.2) is 30.6 Å². The largest absolute Gasteiger partial charge is 0.265 e. The van der Waals surface area contributed by atoms with Gasteiger partial charge in [0.1, 0.15) is 0 Å². The molecule has 0 spiro atoms. The molecule has 1 nitrogen and oxygen atoms in total. The van der Waals surface area contributed by atoms with E-state index in [2.05, 4.69) is 4.98 Å². The van der Waals surface area contributed by atoms with Gasteiger partial charge < -0.3 is 0 Å². The summed E-state index contributed by atoms with van der Waals surface area (Å²) < 4.78 is 0. The second-order valence-electron chi connectivity index (χ2n) is 1.02. The van der Waals surface area contributed by atoms with Crippen molar-refractivity contribution in [2.45, 2.75) is 0 Å². The first-order valence-corrected chi connectivity index (χ1v) is 1.85. The Labute approximate surface area is 64.9 Å². The zero-order valence-corrected chi connectivity index (χ0v) is 5.86. The first-order valence-electron chi connectivity index (χ1n) is 1.85. The summed E-state index contributed by atoms with van der Waals surface area (Å²) in [6.07, 6.45) is 3.50. The Bertz CT molecular complexity index is 84.4. The molecule has 0 aliphatic rings. The van der Waals surface area contributed by atoms with Gasteiger partial charge in [-0.1, -0.05) is 6.07 Å². The van der Waals surface area contributed by atoms with Crippen molar-refractivity contribution >= 4 is 12.4 Å². The fraction of sp³-hybridized carbons (Fsp3) is 0. The predicted octanol–water partition coefficient (Wildman–Crippen LogP) is 1.50. The maximum atomic E-state index is 3.78. The number of aromatic nitrogens is 1.